The summed E-state index contributed by atoms with van der Waals surface area (Å²) >= 11 is 15.8. The van der Waals surface area contributed by atoms with Crippen LogP contribution in [0.5, 0.6) is 11.5 Å². The molecule has 27 heavy (non-hydrogen) atoms. The van der Waals surface area contributed by atoms with Crippen molar-refractivity contribution in [1.29, 1.82) is 0 Å². The summed E-state index contributed by atoms with van der Waals surface area (Å²) in [5, 5.41) is 4.54. The number of ether oxygens (including phenoxy) is 2. The van der Waals surface area contributed by atoms with Crippen molar-refractivity contribution < 1.29 is 9.47 Å². The van der Waals surface area contributed by atoms with Gasteiger partial charge in [-0.1, -0.05) is 51.3 Å². The van der Waals surface area contributed by atoms with E-state index in [1.165, 1.54) is 0 Å². The molecule has 3 aromatic rings. The molecule has 0 bridgehead atoms. The van der Waals surface area contributed by atoms with Crippen LogP contribution in [0.15, 0.2) is 65.1 Å². The SMILES string of the molecule is COc1cc(CNc2ccc(Br)cc2)ccc1OCc1c(Cl)cccc1Cl. The molecule has 0 spiro atoms. The first-order valence-electron chi connectivity index (χ1n) is 8.29. The standard InChI is InChI=1S/C21H18BrCl2NO2/c1-26-21-11-14(12-25-16-8-6-15(22)7-9-16)5-10-20(21)27-13-17-18(23)3-2-4-19(17)24/h2-11,25H,12-13H2,1H3. The first-order valence-corrected chi connectivity index (χ1v) is 9.84. The van der Waals surface area contributed by atoms with E-state index in [0.29, 0.717) is 28.1 Å². The smallest absolute Gasteiger partial charge is 0.161 e. The Morgan fingerprint density at radius 2 is 1.63 bits per heavy atom. The van der Waals surface area contributed by atoms with Gasteiger partial charge in [0.2, 0.25) is 0 Å². The average Bonchev–Trinajstić information content (AvgIpc) is 2.67. The third kappa shape index (κ3) is 5.32. The molecule has 0 aliphatic carbocycles. The van der Waals surface area contributed by atoms with Gasteiger partial charge in [-0.25, -0.2) is 0 Å². The summed E-state index contributed by atoms with van der Waals surface area (Å²) in [5.74, 6) is 1.30. The van der Waals surface area contributed by atoms with Gasteiger partial charge >= 0.3 is 0 Å². The van der Waals surface area contributed by atoms with Crippen LogP contribution in [0.2, 0.25) is 10.0 Å². The van der Waals surface area contributed by atoms with E-state index in [0.717, 1.165) is 21.3 Å². The molecule has 0 saturated carbocycles. The summed E-state index contributed by atoms with van der Waals surface area (Å²) < 4.78 is 12.4. The fourth-order valence-electron chi connectivity index (χ4n) is 2.53. The van der Waals surface area contributed by atoms with E-state index < -0.39 is 0 Å². The number of halogens is 3. The van der Waals surface area contributed by atoms with Crippen molar-refractivity contribution in [2.75, 3.05) is 12.4 Å². The van der Waals surface area contributed by atoms with Gasteiger partial charge in [-0.15, -0.1) is 0 Å². The van der Waals surface area contributed by atoms with E-state index in [-0.39, 0.29) is 6.61 Å². The predicted molar refractivity (Wildman–Crippen MR) is 115 cm³/mol. The molecule has 6 heteroatoms. The predicted octanol–water partition coefficient (Wildman–Crippen LogP) is 6.96. The Labute approximate surface area is 177 Å². The minimum atomic E-state index is 0.269. The number of hydrogen-bond donors (Lipinski definition) is 1. The highest BCUT2D eigenvalue weighted by atomic mass is 79.9. The third-order valence-corrected chi connectivity index (χ3v) is 5.24. The molecule has 0 heterocycles. The zero-order chi connectivity index (χ0) is 19.2. The number of benzene rings is 3. The van der Waals surface area contributed by atoms with Crippen LogP contribution in [0, 0.1) is 0 Å². The fraction of sp³-hybridized carbons (Fsp3) is 0.143. The van der Waals surface area contributed by atoms with Crippen molar-refractivity contribution in [1.82, 2.24) is 0 Å². The molecule has 140 valence electrons. The molecule has 0 aliphatic heterocycles. The Hall–Kier alpha value is -1.88. The number of anilines is 1. The van der Waals surface area contributed by atoms with Crippen molar-refractivity contribution in [2.45, 2.75) is 13.2 Å². The lowest BCUT2D eigenvalue weighted by Gasteiger charge is -2.14. The van der Waals surface area contributed by atoms with Gasteiger partial charge in [-0.2, -0.15) is 0 Å². The number of rotatable bonds is 7. The average molecular weight is 467 g/mol. The van der Waals surface area contributed by atoms with E-state index in [2.05, 4.69) is 21.2 Å². The highest BCUT2D eigenvalue weighted by Crippen LogP contribution is 2.31. The van der Waals surface area contributed by atoms with Crippen LogP contribution in [0.25, 0.3) is 0 Å². The molecule has 3 nitrogen and oxygen atoms in total. The van der Waals surface area contributed by atoms with Gasteiger partial charge in [0.05, 0.1) is 7.11 Å². The fourth-order valence-corrected chi connectivity index (χ4v) is 3.30. The second-order valence-electron chi connectivity index (χ2n) is 5.83. The van der Waals surface area contributed by atoms with Gasteiger partial charge in [0.1, 0.15) is 6.61 Å². The van der Waals surface area contributed by atoms with Crippen molar-refractivity contribution in [3.05, 3.63) is 86.3 Å². The summed E-state index contributed by atoms with van der Waals surface area (Å²) in [4.78, 5) is 0. The van der Waals surface area contributed by atoms with Gasteiger partial charge in [0.15, 0.2) is 11.5 Å². The Bertz CT molecular complexity index is 896. The maximum Gasteiger partial charge on any atom is 0.161 e. The maximum absolute atomic E-state index is 6.20. The van der Waals surface area contributed by atoms with Crippen molar-refractivity contribution in [3.63, 3.8) is 0 Å². The molecule has 1 N–H and O–H groups in total. The van der Waals surface area contributed by atoms with Gasteiger partial charge in [-0.3, -0.25) is 0 Å². The molecular formula is C21H18BrCl2NO2. The maximum atomic E-state index is 6.20. The highest BCUT2D eigenvalue weighted by Gasteiger charge is 2.10. The zero-order valence-corrected chi connectivity index (χ0v) is 17.7. The van der Waals surface area contributed by atoms with Gasteiger partial charge in [0, 0.05) is 32.3 Å². The molecule has 0 amide bonds. The number of methoxy groups -OCH3 is 1. The molecule has 0 fully saturated rings. The summed E-state index contributed by atoms with van der Waals surface area (Å²) in [5.41, 5.74) is 2.88. The molecule has 0 unspecified atom stereocenters. The van der Waals surface area contributed by atoms with Crippen molar-refractivity contribution in [3.8, 4) is 11.5 Å². The quantitative estimate of drug-likeness (QED) is 0.408. The molecule has 0 saturated heterocycles. The lowest BCUT2D eigenvalue weighted by Crippen LogP contribution is -2.02. The number of hydrogen-bond acceptors (Lipinski definition) is 3. The van der Waals surface area contributed by atoms with Crippen molar-refractivity contribution in [2.24, 2.45) is 0 Å². The molecule has 0 atom stereocenters. The molecule has 0 radical (unpaired) electrons. The van der Waals surface area contributed by atoms with Crippen LogP contribution in [-0.4, -0.2) is 7.11 Å². The Morgan fingerprint density at radius 3 is 2.30 bits per heavy atom. The second kappa shape index (κ2) is 9.36. The molecule has 0 aromatic heterocycles. The van der Waals surface area contributed by atoms with Crippen LogP contribution in [0.4, 0.5) is 5.69 Å². The molecular weight excluding hydrogens is 449 g/mol. The first kappa shape index (κ1) is 19.9. The van der Waals surface area contributed by atoms with Crippen LogP contribution in [0.1, 0.15) is 11.1 Å². The monoisotopic (exact) mass is 465 g/mol. The highest BCUT2D eigenvalue weighted by molar-refractivity contribution is 9.10. The van der Waals surface area contributed by atoms with E-state index in [1.807, 2.05) is 48.5 Å². The third-order valence-electron chi connectivity index (χ3n) is 4.00. The molecule has 0 aliphatic rings. The van der Waals surface area contributed by atoms with E-state index in [9.17, 15) is 0 Å². The van der Waals surface area contributed by atoms with Gasteiger partial charge < -0.3 is 14.8 Å². The summed E-state index contributed by atoms with van der Waals surface area (Å²) in [6.07, 6.45) is 0. The van der Waals surface area contributed by atoms with Crippen LogP contribution in [-0.2, 0) is 13.2 Å². The Balaban J connectivity index is 1.67. The van der Waals surface area contributed by atoms with Gasteiger partial charge in [0.25, 0.3) is 0 Å². The minimum absolute atomic E-state index is 0.269. The minimum Gasteiger partial charge on any atom is -0.493 e. The van der Waals surface area contributed by atoms with Crippen LogP contribution < -0.4 is 14.8 Å². The summed E-state index contributed by atoms with van der Waals surface area (Å²) in [7, 11) is 1.62. The first-order chi connectivity index (χ1) is 13.1. The van der Waals surface area contributed by atoms with Crippen LogP contribution >= 0.6 is 39.1 Å². The van der Waals surface area contributed by atoms with Crippen LogP contribution in [0.3, 0.4) is 0 Å². The van der Waals surface area contributed by atoms with E-state index in [4.69, 9.17) is 32.7 Å². The largest absolute Gasteiger partial charge is 0.493 e. The van der Waals surface area contributed by atoms with Gasteiger partial charge in [-0.05, 0) is 54.1 Å². The Morgan fingerprint density at radius 1 is 0.926 bits per heavy atom. The van der Waals surface area contributed by atoms with Crippen molar-refractivity contribution >= 4 is 44.8 Å². The number of nitrogens with one attached hydrogen (secondary N) is 1. The topological polar surface area (TPSA) is 30.5 Å². The lowest BCUT2D eigenvalue weighted by atomic mass is 10.2. The summed E-state index contributed by atoms with van der Waals surface area (Å²) in [6.45, 7) is 0.944. The van der Waals surface area contributed by atoms with E-state index >= 15 is 0 Å². The normalized spacial score (nSPS) is 10.5. The van der Waals surface area contributed by atoms with E-state index in [1.54, 1.807) is 19.2 Å². The summed E-state index contributed by atoms with van der Waals surface area (Å²) in [6, 6.07) is 19.3. The molecule has 3 aromatic carbocycles. The second-order valence-corrected chi connectivity index (χ2v) is 7.56. The zero-order valence-electron chi connectivity index (χ0n) is 14.6. The Kier molecular flexibility index (Phi) is 6.89. The molecule has 3 rings (SSSR count). The lowest BCUT2D eigenvalue weighted by molar-refractivity contribution is 0.284.